The van der Waals surface area contributed by atoms with Crippen molar-refractivity contribution < 1.29 is 5.11 Å². The van der Waals surface area contributed by atoms with Crippen molar-refractivity contribution in [3.63, 3.8) is 0 Å². The molecule has 0 unspecified atom stereocenters. The number of rotatable bonds is 3. The van der Waals surface area contributed by atoms with Gasteiger partial charge in [0, 0.05) is 6.20 Å². The van der Waals surface area contributed by atoms with Crippen LogP contribution in [0.1, 0.15) is 17.3 Å². The Morgan fingerprint density at radius 1 is 1.67 bits per heavy atom. The molecule has 0 aromatic carbocycles. The maximum Gasteiger partial charge on any atom is 0.0704 e. The van der Waals surface area contributed by atoms with Gasteiger partial charge in [-0.3, -0.25) is 4.98 Å². The molecule has 0 aliphatic heterocycles. The summed E-state index contributed by atoms with van der Waals surface area (Å²) >= 11 is 0. The van der Waals surface area contributed by atoms with E-state index in [4.69, 9.17) is 10.8 Å². The number of hydrogen-bond acceptors (Lipinski definition) is 3. The lowest BCUT2D eigenvalue weighted by atomic mass is 10.2. The fraction of sp³-hybridized carbons (Fsp3) is 0.222. The van der Waals surface area contributed by atoms with Gasteiger partial charge in [-0.25, -0.2) is 0 Å². The first-order valence-electron chi connectivity index (χ1n) is 3.72. The maximum atomic E-state index is 8.73. The monoisotopic (exact) mass is 164 g/mol. The molecule has 0 saturated carbocycles. The summed E-state index contributed by atoms with van der Waals surface area (Å²) in [5.74, 6) is 0. The minimum Gasteiger partial charge on any atom is -0.394 e. The number of pyridine rings is 1. The second-order valence-corrected chi connectivity index (χ2v) is 2.51. The lowest BCUT2D eigenvalue weighted by Gasteiger charge is -2.06. The van der Waals surface area contributed by atoms with Gasteiger partial charge in [-0.1, -0.05) is 18.7 Å². The topological polar surface area (TPSA) is 59.1 Å². The number of aliphatic hydroxyl groups is 1. The highest BCUT2D eigenvalue weighted by atomic mass is 16.3. The highest BCUT2D eigenvalue weighted by molar-refractivity contribution is 5.45. The van der Waals surface area contributed by atoms with E-state index < -0.39 is 0 Å². The van der Waals surface area contributed by atoms with E-state index in [9.17, 15) is 0 Å². The lowest BCUT2D eigenvalue weighted by molar-refractivity contribution is 0.266. The molecule has 0 bridgehead atoms. The van der Waals surface area contributed by atoms with Gasteiger partial charge in [-0.05, 0) is 11.6 Å². The first kappa shape index (κ1) is 8.90. The highest BCUT2D eigenvalue weighted by Crippen LogP contribution is 2.07. The molecule has 3 nitrogen and oxygen atoms in total. The van der Waals surface area contributed by atoms with E-state index in [0.29, 0.717) is 5.69 Å². The van der Waals surface area contributed by atoms with Gasteiger partial charge in [0.1, 0.15) is 0 Å². The minimum atomic E-state index is -0.385. The minimum absolute atomic E-state index is 0.0829. The fourth-order valence-electron chi connectivity index (χ4n) is 0.850. The first-order valence-corrected chi connectivity index (χ1v) is 3.72. The molecule has 0 radical (unpaired) electrons. The van der Waals surface area contributed by atoms with E-state index in [1.165, 1.54) is 0 Å². The summed E-state index contributed by atoms with van der Waals surface area (Å²) in [6, 6.07) is 3.27. The van der Waals surface area contributed by atoms with Crippen molar-refractivity contribution in [2.24, 2.45) is 5.73 Å². The van der Waals surface area contributed by atoms with Gasteiger partial charge < -0.3 is 10.8 Å². The fourth-order valence-corrected chi connectivity index (χ4v) is 0.850. The molecule has 1 rings (SSSR count). The van der Waals surface area contributed by atoms with Crippen LogP contribution in [-0.4, -0.2) is 16.7 Å². The number of aliphatic hydroxyl groups excluding tert-OH is 1. The summed E-state index contributed by atoms with van der Waals surface area (Å²) < 4.78 is 0. The summed E-state index contributed by atoms with van der Waals surface area (Å²) in [7, 11) is 0. The Balaban J connectivity index is 2.84. The van der Waals surface area contributed by atoms with E-state index in [-0.39, 0.29) is 12.6 Å². The third kappa shape index (κ3) is 1.90. The Bertz CT molecular complexity index is 256. The molecule has 64 valence electrons. The van der Waals surface area contributed by atoms with E-state index in [0.717, 1.165) is 5.56 Å². The first-order chi connectivity index (χ1) is 5.77. The number of nitrogens with zero attached hydrogens (tertiary/aromatic N) is 1. The second kappa shape index (κ2) is 3.99. The van der Waals surface area contributed by atoms with E-state index >= 15 is 0 Å². The standard InChI is InChI=1S/C9H12N2O/c1-2-7-3-4-9(11-5-7)8(10)6-12/h2-5,8,12H,1,6,10H2/t8-/m0/s1. The Labute approximate surface area is 71.6 Å². The van der Waals surface area contributed by atoms with E-state index in [2.05, 4.69) is 11.6 Å². The van der Waals surface area contributed by atoms with Crippen LogP contribution in [-0.2, 0) is 0 Å². The van der Waals surface area contributed by atoms with Gasteiger partial charge in [0.05, 0.1) is 18.3 Å². The molecule has 1 aromatic rings. The smallest absolute Gasteiger partial charge is 0.0704 e. The Morgan fingerprint density at radius 3 is 2.83 bits per heavy atom. The summed E-state index contributed by atoms with van der Waals surface area (Å²) in [6.45, 7) is 3.52. The molecule has 0 spiro atoms. The molecule has 1 atom stereocenters. The van der Waals surface area contributed by atoms with Gasteiger partial charge in [0.2, 0.25) is 0 Å². The molecule has 0 aliphatic carbocycles. The summed E-state index contributed by atoms with van der Waals surface area (Å²) in [4.78, 5) is 4.06. The molecule has 0 amide bonds. The van der Waals surface area contributed by atoms with Crippen LogP contribution >= 0.6 is 0 Å². The lowest BCUT2D eigenvalue weighted by Crippen LogP contribution is -2.15. The SMILES string of the molecule is C=Cc1ccc([C@@H](N)CO)nc1. The van der Waals surface area contributed by atoms with Crippen LogP contribution in [0, 0.1) is 0 Å². The average Bonchev–Trinajstić information content (AvgIpc) is 2.17. The second-order valence-electron chi connectivity index (χ2n) is 2.51. The summed E-state index contributed by atoms with van der Waals surface area (Å²) in [5.41, 5.74) is 7.19. The number of nitrogens with two attached hydrogens (primary N) is 1. The maximum absolute atomic E-state index is 8.73. The molecule has 1 aromatic heterocycles. The van der Waals surface area contributed by atoms with Gasteiger partial charge >= 0.3 is 0 Å². The van der Waals surface area contributed by atoms with Crippen LogP contribution in [0.2, 0.25) is 0 Å². The third-order valence-electron chi connectivity index (χ3n) is 1.62. The zero-order valence-electron chi connectivity index (χ0n) is 6.77. The molecule has 3 N–H and O–H groups in total. The van der Waals surface area contributed by atoms with Crippen molar-refractivity contribution in [2.45, 2.75) is 6.04 Å². The molecule has 1 heterocycles. The number of aromatic nitrogens is 1. The van der Waals surface area contributed by atoms with E-state index in [1.54, 1.807) is 18.3 Å². The Morgan fingerprint density at radius 2 is 2.42 bits per heavy atom. The van der Waals surface area contributed by atoms with Crippen molar-refractivity contribution in [3.8, 4) is 0 Å². The van der Waals surface area contributed by atoms with Crippen LogP contribution < -0.4 is 5.73 Å². The van der Waals surface area contributed by atoms with Crippen molar-refractivity contribution in [2.75, 3.05) is 6.61 Å². The molecular formula is C9H12N2O. The average molecular weight is 164 g/mol. The van der Waals surface area contributed by atoms with Gasteiger partial charge in [-0.15, -0.1) is 0 Å². The molecule has 0 fully saturated rings. The summed E-state index contributed by atoms with van der Waals surface area (Å²) in [6.07, 6.45) is 3.39. The zero-order chi connectivity index (χ0) is 8.97. The molecular weight excluding hydrogens is 152 g/mol. The predicted molar refractivity (Wildman–Crippen MR) is 48.3 cm³/mol. The Hall–Kier alpha value is -1.19. The zero-order valence-corrected chi connectivity index (χ0v) is 6.77. The van der Waals surface area contributed by atoms with Crippen LogP contribution in [0.4, 0.5) is 0 Å². The van der Waals surface area contributed by atoms with Crippen molar-refractivity contribution >= 4 is 6.08 Å². The third-order valence-corrected chi connectivity index (χ3v) is 1.62. The van der Waals surface area contributed by atoms with Crippen LogP contribution in [0.5, 0.6) is 0 Å². The highest BCUT2D eigenvalue weighted by Gasteiger charge is 2.03. The normalized spacial score (nSPS) is 12.5. The molecule has 3 heteroatoms. The molecule has 0 aliphatic rings. The summed E-state index contributed by atoms with van der Waals surface area (Å²) in [5, 5.41) is 8.73. The Kier molecular flexibility index (Phi) is 2.96. The van der Waals surface area contributed by atoms with E-state index in [1.807, 2.05) is 6.07 Å². The van der Waals surface area contributed by atoms with Gasteiger partial charge in [0.25, 0.3) is 0 Å². The quantitative estimate of drug-likeness (QED) is 0.692. The molecule has 12 heavy (non-hydrogen) atoms. The van der Waals surface area contributed by atoms with Crippen LogP contribution in [0.3, 0.4) is 0 Å². The largest absolute Gasteiger partial charge is 0.394 e. The predicted octanol–water partition coefficient (Wildman–Crippen LogP) is 0.717. The van der Waals surface area contributed by atoms with Crippen molar-refractivity contribution in [3.05, 3.63) is 36.2 Å². The van der Waals surface area contributed by atoms with Crippen LogP contribution in [0.25, 0.3) is 6.08 Å². The number of hydrogen-bond donors (Lipinski definition) is 2. The van der Waals surface area contributed by atoms with Crippen LogP contribution in [0.15, 0.2) is 24.9 Å². The van der Waals surface area contributed by atoms with Crippen molar-refractivity contribution in [1.29, 1.82) is 0 Å². The van der Waals surface area contributed by atoms with Gasteiger partial charge in [0.15, 0.2) is 0 Å². The van der Waals surface area contributed by atoms with Gasteiger partial charge in [-0.2, -0.15) is 0 Å². The molecule has 0 saturated heterocycles. The van der Waals surface area contributed by atoms with Crippen molar-refractivity contribution in [1.82, 2.24) is 4.98 Å².